The molecule has 1 amide bonds. The number of nitrogens with zero attached hydrogens (tertiary/aromatic N) is 2. The van der Waals surface area contributed by atoms with Crippen LogP contribution in [0.25, 0.3) is 10.2 Å². The number of carbonyl (C=O) groups excluding carboxylic acids is 1. The Kier molecular flexibility index (Phi) is 4.57. The van der Waals surface area contributed by atoms with Crippen LogP contribution in [0, 0.1) is 13.8 Å². The van der Waals surface area contributed by atoms with Crippen molar-refractivity contribution in [2.75, 3.05) is 10.7 Å². The molecule has 0 aliphatic heterocycles. The van der Waals surface area contributed by atoms with Crippen LogP contribution in [0.3, 0.4) is 0 Å². The molecule has 1 aromatic heterocycles. The van der Waals surface area contributed by atoms with Crippen LogP contribution >= 0.6 is 11.3 Å². The third kappa shape index (κ3) is 3.39. The molecule has 1 aromatic carbocycles. The predicted molar refractivity (Wildman–Crippen MR) is 90.4 cm³/mol. The van der Waals surface area contributed by atoms with Gasteiger partial charge in [-0.1, -0.05) is 18.3 Å². The van der Waals surface area contributed by atoms with E-state index in [0.29, 0.717) is 0 Å². The number of carbonyl (C=O) groups is 1. The summed E-state index contributed by atoms with van der Waals surface area (Å²) in [4.78, 5) is 15.9. The smallest absolute Gasteiger partial charge is 0.221 e. The average Bonchev–Trinajstić information content (AvgIpc) is 2.83. The summed E-state index contributed by atoms with van der Waals surface area (Å²) in [6.45, 7) is 9.54. The van der Waals surface area contributed by atoms with E-state index in [2.05, 4.69) is 27.8 Å². The number of aryl methyl sites for hydroxylation is 2. The van der Waals surface area contributed by atoms with Crippen molar-refractivity contribution in [3.63, 3.8) is 0 Å². The summed E-state index contributed by atoms with van der Waals surface area (Å²) >= 11 is 1.55. The lowest BCUT2D eigenvalue weighted by atomic mass is 10.1. The zero-order valence-electron chi connectivity index (χ0n) is 13.0. The van der Waals surface area contributed by atoms with Crippen molar-refractivity contribution < 1.29 is 4.79 Å². The van der Waals surface area contributed by atoms with Crippen molar-refractivity contribution in [2.24, 2.45) is 5.10 Å². The second kappa shape index (κ2) is 6.22. The van der Waals surface area contributed by atoms with Crippen molar-refractivity contribution in [2.45, 2.75) is 41.0 Å². The Labute approximate surface area is 128 Å². The number of rotatable bonds is 4. The van der Waals surface area contributed by atoms with E-state index < -0.39 is 0 Å². The van der Waals surface area contributed by atoms with Crippen LogP contribution in [-0.4, -0.2) is 16.6 Å². The van der Waals surface area contributed by atoms with Gasteiger partial charge in [-0.3, -0.25) is 10.2 Å². The standard InChI is InChI=1S/C15H20N4OS/c1-6-9(3)18-19-15-17-12-7-8(2)13(16-11(5)20)10(4)14(12)21-15/h7H,6H2,1-5H3,(H,16,20)(H,17,19)/b18-9-. The lowest BCUT2D eigenvalue weighted by Gasteiger charge is -2.10. The van der Waals surface area contributed by atoms with Gasteiger partial charge in [-0.2, -0.15) is 5.10 Å². The number of benzene rings is 1. The first-order chi connectivity index (χ1) is 9.92. The Bertz CT molecular complexity index is 718. The SMILES string of the molecule is CC/C(C)=N\Nc1nc2cc(C)c(NC(C)=O)c(C)c2s1. The van der Waals surface area contributed by atoms with Gasteiger partial charge in [-0.15, -0.1) is 0 Å². The van der Waals surface area contributed by atoms with E-state index in [1.807, 2.05) is 26.8 Å². The van der Waals surface area contributed by atoms with Crippen molar-refractivity contribution in [1.82, 2.24) is 4.98 Å². The maximum Gasteiger partial charge on any atom is 0.221 e. The maximum atomic E-state index is 11.3. The Balaban J connectivity index is 2.43. The Hall–Kier alpha value is -1.95. The van der Waals surface area contributed by atoms with Crippen molar-refractivity contribution in [3.8, 4) is 0 Å². The number of hydrogen-bond acceptors (Lipinski definition) is 5. The van der Waals surface area contributed by atoms with Gasteiger partial charge in [-0.05, 0) is 44.4 Å². The van der Waals surface area contributed by atoms with Gasteiger partial charge in [0.25, 0.3) is 0 Å². The van der Waals surface area contributed by atoms with Gasteiger partial charge in [0, 0.05) is 18.3 Å². The Morgan fingerprint density at radius 3 is 2.71 bits per heavy atom. The molecule has 1 heterocycles. The maximum absolute atomic E-state index is 11.3. The van der Waals surface area contributed by atoms with E-state index in [4.69, 9.17) is 0 Å². The fraction of sp³-hybridized carbons (Fsp3) is 0.400. The normalized spacial score (nSPS) is 11.8. The highest BCUT2D eigenvalue weighted by Crippen LogP contribution is 2.35. The predicted octanol–water partition coefficient (Wildman–Crippen LogP) is 4.07. The monoisotopic (exact) mass is 304 g/mol. The average molecular weight is 304 g/mol. The molecule has 5 nitrogen and oxygen atoms in total. The minimum Gasteiger partial charge on any atom is -0.326 e. The summed E-state index contributed by atoms with van der Waals surface area (Å²) in [7, 11) is 0. The molecule has 0 spiro atoms. The molecule has 6 heteroatoms. The lowest BCUT2D eigenvalue weighted by Crippen LogP contribution is -2.08. The van der Waals surface area contributed by atoms with Crippen LogP contribution in [0.15, 0.2) is 11.2 Å². The van der Waals surface area contributed by atoms with Crippen LogP contribution in [0.2, 0.25) is 0 Å². The molecule has 0 bridgehead atoms. The van der Waals surface area contributed by atoms with Crippen LogP contribution < -0.4 is 10.7 Å². The molecule has 0 saturated carbocycles. The van der Waals surface area contributed by atoms with Crippen LogP contribution in [0.1, 0.15) is 38.3 Å². The minimum atomic E-state index is -0.0633. The van der Waals surface area contributed by atoms with E-state index in [1.54, 1.807) is 11.3 Å². The molecule has 0 atom stereocenters. The molecule has 0 unspecified atom stereocenters. The first-order valence-corrected chi connectivity index (χ1v) is 7.71. The molecule has 2 aromatic rings. The zero-order valence-corrected chi connectivity index (χ0v) is 13.8. The Morgan fingerprint density at radius 2 is 2.10 bits per heavy atom. The third-order valence-corrected chi connectivity index (χ3v) is 4.37. The second-order valence-corrected chi connectivity index (χ2v) is 6.05. The molecule has 112 valence electrons. The molecule has 0 saturated heterocycles. The molecule has 0 aliphatic rings. The van der Waals surface area contributed by atoms with E-state index in [1.165, 1.54) is 6.92 Å². The fourth-order valence-corrected chi connectivity index (χ4v) is 2.92. The zero-order chi connectivity index (χ0) is 15.6. The van der Waals surface area contributed by atoms with Gasteiger partial charge in [0.1, 0.15) is 0 Å². The van der Waals surface area contributed by atoms with Crippen molar-refractivity contribution in [3.05, 3.63) is 17.2 Å². The molecule has 2 rings (SSSR count). The van der Waals surface area contributed by atoms with Crippen molar-refractivity contribution in [1.29, 1.82) is 0 Å². The summed E-state index contributed by atoms with van der Waals surface area (Å²) in [6.07, 6.45) is 0.905. The Morgan fingerprint density at radius 1 is 1.38 bits per heavy atom. The largest absolute Gasteiger partial charge is 0.326 e. The summed E-state index contributed by atoms with van der Waals surface area (Å²) < 4.78 is 1.07. The van der Waals surface area contributed by atoms with Gasteiger partial charge < -0.3 is 5.32 Å². The highest BCUT2D eigenvalue weighted by atomic mass is 32.1. The van der Waals surface area contributed by atoms with Crippen LogP contribution in [0.4, 0.5) is 10.8 Å². The first-order valence-electron chi connectivity index (χ1n) is 6.89. The van der Waals surface area contributed by atoms with Gasteiger partial charge in [0.15, 0.2) is 0 Å². The fourth-order valence-electron chi connectivity index (χ4n) is 2.02. The van der Waals surface area contributed by atoms with Crippen LogP contribution in [-0.2, 0) is 4.79 Å². The number of aromatic nitrogens is 1. The summed E-state index contributed by atoms with van der Waals surface area (Å²) in [5.41, 5.74) is 7.89. The van der Waals surface area contributed by atoms with E-state index in [-0.39, 0.29) is 5.91 Å². The van der Waals surface area contributed by atoms with Gasteiger partial charge in [-0.25, -0.2) is 4.98 Å². The number of hydrogen-bond donors (Lipinski definition) is 2. The molecule has 0 aliphatic carbocycles. The summed E-state index contributed by atoms with van der Waals surface area (Å²) in [6, 6.07) is 1.99. The first kappa shape index (κ1) is 15.4. The number of fused-ring (bicyclic) bond motifs is 1. The summed E-state index contributed by atoms with van der Waals surface area (Å²) in [5.74, 6) is -0.0633. The molecule has 2 N–H and O–H groups in total. The minimum absolute atomic E-state index is 0.0633. The third-order valence-electron chi connectivity index (χ3n) is 3.27. The highest BCUT2D eigenvalue weighted by Gasteiger charge is 2.13. The number of hydrazone groups is 1. The van der Waals surface area contributed by atoms with Gasteiger partial charge in [0.05, 0.1) is 10.2 Å². The van der Waals surface area contributed by atoms with E-state index in [0.717, 1.165) is 44.3 Å². The number of nitrogens with one attached hydrogen (secondary N) is 2. The molecule has 0 radical (unpaired) electrons. The summed E-state index contributed by atoms with van der Waals surface area (Å²) in [5, 5.41) is 7.93. The van der Waals surface area contributed by atoms with Crippen LogP contribution in [0.5, 0.6) is 0 Å². The molecule has 21 heavy (non-hydrogen) atoms. The number of thiazole rings is 1. The lowest BCUT2D eigenvalue weighted by molar-refractivity contribution is -0.114. The molecule has 0 fully saturated rings. The second-order valence-electron chi connectivity index (χ2n) is 5.05. The van der Waals surface area contributed by atoms with Gasteiger partial charge in [0.2, 0.25) is 11.0 Å². The van der Waals surface area contributed by atoms with Crippen molar-refractivity contribution >= 4 is 44.0 Å². The molecular weight excluding hydrogens is 284 g/mol. The van der Waals surface area contributed by atoms with E-state index >= 15 is 0 Å². The van der Waals surface area contributed by atoms with E-state index in [9.17, 15) is 4.79 Å². The number of amides is 1. The van der Waals surface area contributed by atoms with Gasteiger partial charge >= 0.3 is 0 Å². The topological polar surface area (TPSA) is 66.4 Å². The highest BCUT2D eigenvalue weighted by molar-refractivity contribution is 7.22. The quantitative estimate of drug-likeness (QED) is 0.661. The number of anilines is 2. The molecular formula is C15H20N4OS.